The lowest BCUT2D eigenvalue weighted by Crippen LogP contribution is -2.17. The van der Waals surface area contributed by atoms with Crippen LogP contribution in [0.15, 0.2) is 15.0 Å². The molecule has 2 aromatic rings. The van der Waals surface area contributed by atoms with Crippen LogP contribution >= 0.6 is 11.8 Å². The van der Waals surface area contributed by atoms with Gasteiger partial charge in [-0.05, 0) is 37.6 Å². The molecule has 0 aliphatic carbocycles. The highest BCUT2D eigenvalue weighted by molar-refractivity contribution is 7.99. The summed E-state index contributed by atoms with van der Waals surface area (Å²) in [6.45, 7) is 6.18. The molecule has 0 aromatic carbocycles. The number of aryl methyl sites for hydroxylation is 1. The van der Waals surface area contributed by atoms with Gasteiger partial charge >= 0.3 is 5.69 Å². The highest BCUT2D eigenvalue weighted by Gasteiger charge is 2.16. The predicted octanol–water partition coefficient (Wildman–Crippen LogP) is 1.41. The van der Waals surface area contributed by atoms with E-state index in [1.165, 1.54) is 16.3 Å². The van der Waals surface area contributed by atoms with Gasteiger partial charge < -0.3 is 0 Å². The molecule has 0 bridgehead atoms. The quantitative estimate of drug-likeness (QED) is 0.913. The molecule has 20 heavy (non-hydrogen) atoms. The molecule has 0 aliphatic rings. The summed E-state index contributed by atoms with van der Waals surface area (Å²) in [6.07, 6.45) is 0.816. The van der Waals surface area contributed by atoms with E-state index in [0.29, 0.717) is 22.3 Å². The van der Waals surface area contributed by atoms with Crippen LogP contribution in [0.1, 0.15) is 30.2 Å². The van der Waals surface area contributed by atoms with Crippen LogP contribution in [0, 0.1) is 25.2 Å². The Hall–Kier alpha value is -2.14. The minimum atomic E-state index is -0.260. The third kappa shape index (κ3) is 2.58. The van der Waals surface area contributed by atoms with Gasteiger partial charge in [0.15, 0.2) is 5.16 Å². The first-order chi connectivity index (χ1) is 9.58. The van der Waals surface area contributed by atoms with Gasteiger partial charge in [0, 0.05) is 6.54 Å². The fraction of sp³-hybridized carbons (Fsp3) is 0.417. The van der Waals surface area contributed by atoms with Crippen molar-refractivity contribution in [3.63, 3.8) is 0 Å². The summed E-state index contributed by atoms with van der Waals surface area (Å²) in [5.74, 6) is 0. The highest BCUT2D eigenvalue weighted by Crippen LogP contribution is 2.28. The molecule has 2 aromatic heterocycles. The summed E-state index contributed by atoms with van der Waals surface area (Å²) in [7, 11) is 0. The highest BCUT2D eigenvalue weighted by atomic mass is 32.2. The third-order valence-corrected chi connectivity index (χ3v) is 3.87. The molecule has 0 spiro atoms. The van der Waals surface area contributed by atoms with Crippen molar-refractivity contribution in [2.45, 2.75) is 43.9 Å². The van der Waals surface area contributed by atoms with Crippen LogP contribution in [-0.4, -0.2) is 25.0 Å². The van der Waals surface area contributed by atoms with Gasteiger partial charge in [-0.15, -0.1) is 10.2 Å². The summed E-state index contributed by atoms with van der Waals surface area (Å²) < 4.78 is 1.53. The number of H-pyrrole nitrogens is 1. The number of nitrogens with zero attached hydrogens (tertiary/aromatic N) is 5. The fourth-order valence-corrected chi connectivity index (χ4v) is 2.61. The zero-order valence-electron chi connectivity index (χ0n) is 11.5. The molecule has 0 fully saturated rings. The average molecular weight is 290 g/mol. The largest absolute Gasteiger partial charge is 0.343 e. The monoisotopic (exact) mass is 290 g/mol. The standard InChI is InChI=1S/C12H14N6OS/c1-4-5-18-11(19)16-17-12(18)20-10-9(6-13)7(2)8(3)14-15-10/h4-5H2,1-3H3,(H,16,19). The second-order valence-corrected chi connectivity index (χ2v) is 5.22. The first-order valence-corrected chi connectivity index (χ1v) is 6.97. The van der Waals surface area contributed by atoms with Crippen LogP contribution < -0.4 is 5.69 Å². The number of hydrogen-bond donors (Lipinski definition) is 1. The summed E-state index contributed by atoms with van der Waals surface area (Å²) in [4.78, 5) is 11.6. The molecule has 2 heterocycles. The zero-order valence-corrected chi connectivity index (χ0v) is 12.3. The smallest absolute Gasteiger partial charge is 0.270 e. The van der Waals surface area contributed by atoms with Crippen molar-refractivity contribution in [3.05, 3.63) is 27.3 Å². The van der Waals surface area contributed by atoms with Crippen LogP contribution in [0.2, 0.25) is 0 Å². The molecule has 8 heteroatoms. The molecule has 0 radical (unpaired) electrons. The Balaban J connectivity index is 2.44. The van der Waals surface area contributed by atoms with E-state index >= 15 is 0 Å². The summed E-state index contributed by atoms with van der Waals surface area (Å²) in [6, 6.07) is 2.13. The molecule has 0 amide bonds. The lowest BCUT2D eigenvalue weighted by molar-refractivity contribution is 0.603. The van der Waals surface area contributed by atoms with E-state index in [4.69, 9.17) is 0 Å². The van der Waals surface area contributed by atoms with Crippen LogP contribution in [0.25, 0.3) is 0 Å². The summed E-state index contributed by atoms with van der Waals surface area (Å²) >= 11 is 1.17. The average Bonchev–Trinajstić information content (AvgIpc) is 2.77. The van der Waals surface area contributed by atoms with Gasteiger partial charge in [-0.25, -0.2) is 9.89 Å². The van der Waals surface area contributed by atoms with Crippen molar-refractivity contribution in [1.29, 1.82) is 5.26 Å². The summed E-state index contributed by atoms with van der Waals surface area (Å²) in [5.41, 5.74) is 1.73. The Morgan fingerprint density at radius 1 is 1.40 bits per heavy atom. The normalized spacial score (nSPS) is 10.5. The first kappa shape index (κ1) is 14.3. The maximum atomic E-state index is 11.6. The maximum Gasteiger partial charge on any atom is 0.343 e. The molecular formula is C12H14N6OS. The second-order valence-electron chi connectivity index (χ2n) is 4.27. The number of hydrogen-bond acceptors (Lipinski definition) is 6. The first-order valence-electron chi connectivity index (χ1n) is 6.15. The second kappa shape index (κ2) is 5.88. The van der Waals surface area contributed by atoms with Crippen LogP contribution in [0.4, 0.5) is 0 Å². The van der Waals surface area contributed by atoms with Gasteiger partial charge in [-0.1, -0.05) is 6.92 Å². The molecule has 1 N–H and O–H groups in total. The molecule has 0 saturated heterocycles. The van der Waals surface area contributed by atoms with Crippen molar-refractivity contribution in [3.8, 4) is 6.07 Å². The van der Waals surface area contributed by atoms with E-state index in [1.807, 2.05) is 13.8 Å². The number of rotatable bonds is 4. The molecule has 0 atom stereocenters. The number of aromatic nitrogens is 5. The van der Waals surface area contributed by atoms with Crippen molar-refractivity contribution < 1.29 is 0 Å². The molecule has 7 nitrogen and oxygen atoms in total. The third-order valence-electron chi connectivity index (χ3n) is 2.89. The van der Waals surface area contributed by atoms with Crippen LogP contribution in [0.5, 0.6) is 0 Å². The van der Waals surface area contributed by atoms with Gasteiger partial charge in [-0.2, -0.15) is 10.4 Å². The van der Waals surface area contributed by atoms with Crippen LogP contribution in [-0.2, 0) is 6.54 Å². The molecule has 0 saturated carbocycles. The van der Waals surface area contributed by atoms with Crippen molar-refractivity contribution in [2.24, 2.45) is 0 Å². The zero-order chi connectivity index (χ0) is 14.7. The number of nitrogens with one attached hydrogen (secondary N) is 1. The summed E-state index contributed by atoms with van der Waals surface area (Å²) in [5, 5.41) is 24.6. The fourth-order valence-electron chi connectivity index (χ4n) is 1.68. The topological polar surface area (TPSA) is 100 Å². The molecule has 0 aliphatic heterocycles. The minimum absolute atomic E-state index is 0.260. The SMILES string of the molecule is CCCn1c(Sc2nnc(C)c(C)c2C#N)n[nH]c1=O. The Kier molecular flexibility index (Phi) is 4.20. The maximum absolute atomic E-state index is 11.6. The lowest BCUT2D eigenvalue weighted by Gasteiger charge is -2.06. The van der Waals surface area contributed by atoms with Crippen molar-refractivity contribution in [1.82, 2.24) is 25.0 Å². The van der Waals surface area contributed by atoms with E-state index in [2.05, 4.69) is 26.5 Å². The van der Waals surface area contributed by atoms with Gasteiger partial charge in [0.05, 0.1) is 11.3 Å². The van der Waals surface area contributed by atoms with E-state index < -0.39 is 0 Å². The molecule has 104 valence electrons. The van der Waals surface area contributed by atoms with Crippen molar-refractivity contribution >= 4 is 11.8 Å². The van der Waals surface area contributed by atoms with E-state index in [-0.39, 0.29) is 5.69 Å². The molecular weight excluding hydrogens is 276 g/mol. The van der Waals surface area contributed by atoms with Gasteiger partial charge in [-0.3, -0.25) is 4.57 Å². The van der Waals surface area contributed by atoms with Gasteiger partial charge in [0.2, 0.25) is 0 Å². The van der Waals surface area contributed by atoms with E-state index in [1.54, 1.807) is 6.92 Å². The number of aromatic amines is 1. The van der Waals surface area contributed by atoms with E-state index in [9.17, 15) is 10.1 Å². The predicted molar refractivity (Wildman–Crippen MR) is 73.5 cm³/mol. The Morgan fingerprint density at radius 2 is 2.15 bits per heavy atom. The van der Waals surface area contributed by atoms with Crippen molar-refractivity contribution in [2.75, 3.05) is 0 Å². The van der Waals surface area contributed by atoms with Gasteiger partial charge in [0.25, 0.3) is 0 Å². The lowest BCUT2D eigenvalue weighted by atomic mass is 10.1. The Morgan fingerprint density at radius 3 is 2.80 bits per heavy atom. The number of nitriles is 1. The molecule has 0 unspecified atom stereocenters. The Bertz CT molecular complexity index is 727. The minimum Gasteiger partial charge on any atom is -0.270 e. The van der Waals surface area contributed by atoms with Gasteiger partial charge in [0.1, 0.15) is 11.1 Å². The van der Waals surface area contributed by atoms with E-state index in [0.717, 1.165) is 17.7 Å². The van der Waals surface area contributed by atoms with Crippen LogP contribution in [0.3, 0.4) is 0 Å². The molecule has 2 rings (SSSR count). The Labute approximate surface area is 120 Å².